The zero-order chi connectivity index (χ0) is 11.1. The molecule has 1 aliphatic carbocycles. The number of halogens is 1. The summed E-state index contributed by atoms with van der Waals surface area (Å²) >= 11 is 3.47. The van der Waals surface area contributed by atoms with Gasteiger partial charge in [-0.05, 0) is 48.6 Å². The van der Waals surface area contributed by atoms with Gasteiger partial charge in [0.05, 0.1) is 5.60 Å². The molecular formula is C13H15BrO. The maximum absolute atomic E-state index is 10.4. The first-order valence-electron chi connectivity index (χ1n) is 5.17. The second-order valence-corrected chi connectivity index (χ2v) is 5.32. The average Bonchev–Trinajstić information content (AvgIpc) is 2.18. The Morgan fingerprint density at radius 1 is 1.47 bits per heavy atom. The van der Waals surface area contributed by atoms with E-state index < -0.39 is 5.60 Å². The molecule has 1 aromatic carbocycles. The van der Waals surface area contributed by atoms with Gasteiger partial charge in [0.1, 0.15) is 0 Å². The summed E-state index contributed by atoms with van der Waals surface area (Å²) in [6.07, 6.45) is 2.41. The Balaban J connectivity index is 2.35. The van der Waals surface area contributed by atoms with Crippen molar-refractivity contribution in [2.75, 3.05) is 0 Å². The van der Waals surface area contributed by atoms with Crippen LogP contribution in [0.25, 0.3) is 0 Å². The Hall–Kier alpha value is -0.600. The van der Waals surface area contributed by atoms with Crippen molar-refractivity contribution >= 4 is 15.9 Å². The van der Waals surface area contributed by atoms with Crippen LogP contribution >= 0.6 is 15.9 Å². The first-order valence-corrected chi connectivity index (χ1v) is 5.96. The second-order valence-electron chi connectivity index (χ2n) is 4.40. The summed E-state index contributed by atoms with van der Waals surface area (Å²) in [6.45, 7) is 5.79. The fourth-order valence-electron chi connectivity index (χ4n) is 2.11. The third-order valence-electron chi connectivity index (χ3n) is 3.25. The standard InChI is InChI=1S/C13H15BrO/c1-9(2)13(15)6-5-10-7-12(14)4-3-11(10)8-13/h3-4,7,15H,1,5-6,8H2,2H3. The van der Waals surface area contributed by atoms with Gasteiger partial charge in [-0.3, -0.25) is 0 Å². The van der Waals surface area contributed by atoms with Crippen LogP contribution < -0.4 is 0 Å². The fourth-order valence-corrected chi connectivity index (χ4v) is 2.52. The van der Waals surface area contributed by atoms with E-state index in [2.05, 4.69) is 34.6 Å². The van der Waals surface area contributed by atoms with E-state index in [9.17, 15) is 5.11 Å². The Morgan fingerprint density at radius 2 is 2.20 bits per heavy atom. The molecule has 0 amide bonds. The van der Waals surface area contributed by atoms with Crippen molar-refractivity contribution in [3.63, 3.8) is 0 Å². The lowest BCUT2D eigenvalue weighted by Crippen LogP contribution is -2.36. The van der Waals surface area contributed by atoms with E-state index >= 15 is 0 Å². The summed E-state index contributed by atoms with van der Waals surface area (Å²) in [5.41, 5.74) is 2.77. The molecule has 0 aliphatic heterocycles. The predicted octanol–water partition coefficient (Wildman–Crippen LogP) is 3.25. The minimum atomic E-state index is -0.694. The number of rotatable bonds is 1. The largest absolute Gasteiger partial charge is 0.385 e. The van der Waals surface area contributed by atoms with Crippen LogP contribution in [0.1, 0.15) is 24.5 Å². The van der Waals surface area contributed by atoms with Crippen LogP contribution in [0.2, 0.25) is 0 Å². The second kappa shape index (κ2) is 3.76. The van der Waals surface area contributed by atoms with E-state index in [0.29, 0.717) is 6.42 Å². The van der Waals surface area contributed by atoms with Crippen molar-refractivity contribution in [3.8, 4) is 0 Å². The van der Waals surface area contributed by atoms with Gasteiger partial charge in [-0.25, -0.2) is 0 Å². The van der Waals surface area contributed by atoms with E-state index in [1.54, 1.807) is 0 Å². The van der Waals surface area contributed by atoms with E-state index in [0.717, 1.165) is 22.9 Å². The maximum atomic E-state index is 10.4. The molecule has 2 rings (SSSR count). The molecule has 15 heavy (non-hydrogen) atoms. The first-order chi connectivity index (χ1) is 7.01. The van der Waals surface area contributed by atoms with Crippen LogP contribution in [-0.4, -0.2) is 10.7 Å². The molecule has 2 heteroatoms. The van der Waals surface area contributed by atoms with Crippen LogP contribution in [0.5, 0.6) is 0 Å². The van der Waals surface area contributed by atoms with E-state index in [1.165, 1.54) is 11.1 Å². The summed E-state index contributed by atoms with van der Waals surface area (Å²) in [7, 11) is 0. The summed E-state index contributed by atoms with van der Waals surface area (Å²) in [6, 6.07) is 6.27. The van der Waals surface area contributed by atoms with E-state index in [1.807, 2.05) is 13.0 Å². The summed E-state index contributed by atoms with van der Waals surface area (Å²) < 4.78 is 1.11. The maximum Gasteiger partial charge on any atom is 0.0894 e. The van der Waals surface area contributed by atoms with Gasteiger partial charge in [0.2, 0.25) is 0 Å². The molecule has 0 radical (unpaired) electrons. The highest BCUT2D eigenvalue weighted by Crippen LogP contribution is 2.34. The smallest absolute Gasteiger partial charge is 0.0894 e. The Kier molecular flexibility index (Phi) is 2.73. The minimum absolute atomic E-state index is 0.694. The Labute approximate surface area is 99.0 Å². The molecule has 0 bridgehead atoms. The van der Waals surface area contributed by atoms with Crippen molar-refractivity contribution in [1.82, 2.24) is 0 Å². The molecular weight excluding hydrogens is 252 g/mol. The molecule has 0 saturated carbocycles. The normalized spacial score (nSPS) is 24.7. The van der Waals surface area contributed by atoms with Gasteiger partial charge in [0.25, 0.3) is 0 Å². The van der Waals surface area contributed by atoms with Gasteiger partial charge in [0, 0.05) is 10.9 Å². The van der Waals surface area contributed by atoms with Gasteiger partial charge in [-0.2, -0.15) is 0 Å². The zero-order valence-electron chi connectivity index (χ0n) is 8.89. The van der Waals surface area contributed by atoms with Crippen molar-refractivity contribution in [1.29, 1.82) is 0 Å². The van der Waals surface area contributed by atoms with E-state index in [-0.39, 0.29) is 0 Å². The number of benzene rings is 1. The molecule has 80 valence electrons. The van der Waals surface area contributed by atoms with Crippen LogP contribution in [0.3, 0.4) is 0 Å². The van der Waals surface area contributed by atoms with Crippen LogP contribution in [0.4, 0.5) is 0 Å². The lowest BCUT2D eigenvalue weighted by atomic mass is 9.77. The molecule has 1 unspecified atom stereocenters. The molecule has 1 atom stereocenters. The third-order valence-corrected chi connectivity index (χ3v) is 3.75. The van der Waals surface area contributed by atoms with Crippen LogP contribution in [0.15, 0.2) is 34.8 Å². The highest BCUT2D eigenvalue weighted by atomic mass is 79.9. The summed E-state index contributed by atoms with van der Waals surface area (Å²) in [5, 5.41) is 10.4. The van der Waals surface area contributed by atoms with E-state index in [4.69, 9.17) is 0 Å². The highest BCUT2D eigenvalue weighted by molar-refractivity contribution is 9.10. The molecule has 1 aromatic rings. The molecule has 0 heterocycles. The predicted molar refractivity (Wildman–Crippen MR) is 65.9 cm³/mol. The molecule has 1 aliphatic rings. The molecule has 1 N–H and O–H groups in total. The van der Waals surface area contributed by atoms with Crippen molar-refractivity contribution < 1.29 is 5.11 Å². The van der Waals surface area contributed by atoms with Gasteiger partial charge >= 0.3 is 0 Å². The lowest BCUT2D eigenvalue weighted by molar-refractivity contribution is 0.0642. The van der Waals surface area contributed by atoms with Crippen molar-refractivity contribution in [3.05, 3.63) is 46.0 Å². The van der Waals surface area contributed by atoms with Gasteiger partial charge < -0.3 is 5.11 Å². The summed E-state index contributed by atoms with van der Waals surface area (Å²) in [4.78, 5) is 0. The Morgan fingerprint density at radius 3 is 2.87 bits per heavy atom. The average molecular weight is 267 g/mol. The zero-order valence-corrected chi connectivity index (χ0v) is 10.5. The summed E-state index contributed by atoms with van der Waals surface area (Å²) in [5.74, 6) is 0. The van der Waals surface area contributed by atoms with Gasteiger partial charge in [-0.15, -0.1) is 0 Å². The SMILES string of the molecule is C=C(C)C1(O)CCc2cc(Br)ccc2C1. The quantitative estimate of drug-likeness (QED) is 0.774. The van der Waals surface area contributed by atoms with Gasteiger partial charge in [0.15, 0.2) is 0 Å². The number of aliphatic hydroxyl groups is 1. The monoisotopic (exact) mass is 266 g/mol. The number of hydrogen-bond acceptors (Lipinski definition) is 1. The molecule has 0 saturated heterocycles. The lowest BCUT2D eigenvalue weighted by Gasteiger charge is -2.34. The minimum Gasteiger partial charge on any atom is -0.385 e. The molecule has 1 nitrogen and oxygen atoms in total. The van der Waals surface area contributed by atoms with Crippen molar-refractivity contribution in [2.24, 2.45) is 0 Å². The van der Waals surface area contributed by atoms with Gasteiger partial charge in [-0.1, -0.05) is 28.6 Å². The van der Waals surface area contributed by atoms with Crippen LogP contribution in [0, 0.1) is 0 Å². The topological polar surface area (TPSA) is 20.2 Å². The highest BCUT2D eigenvalue weighted by Gasteiger charge is 2.32. The fraction of sp³-hybridized carbons (Fsp3) is 0.385. The third kappa shape index (κ3) is 2.01. The first kappa shape index (κ1) is 10.9. The number of fused-ring (bicyclic) bond motifs is 1. The molecule has 0 aromatic heterocycles. The molecule has 0 fully saturated rings. The number of hydrogen-bond donors (Lipinski definition) is 1. The Bertz CT molecular complexity index is 411. The van der Waals surface area contributed by atoms with Crippen molar-refractivity contribution in [2.45, 2.75) is 31.8 Å². The number of aryl methyl sites for hydroxylation is 1. The molecule has 0 spiro atoms. The van der Waals surface area contributed by atoms with Crippen LogP contribution in [-0.2, 0) is 12.8 Å².